The van der Waals surface area contributed by atoms with E-state index in [0.717, 1.165) is 11.0 Å². The van der Waals surface area contributed by atoms with E-state index in [1.165, 1.54) is 0 Å². The van der Waals surface area contributed by atoms with Crippen molar-refractivity contribution >= 4 is 17.0 Å². The normalized spacial score (nSPS) is 13.7. The van der Waals surface area contributed by atoms with E-state index in [2.05, 4.69) is 11.1 Å². The average Bonchev–Trinajstić information content (AvgIpc) is 2.78. The van der Waals surface area contributed by atoms with Crippen LogP contribution >= 0.6 is 0 Å². The number of nitrogens with zero attached hydrogens (tertiary/aromatic N) is 3. The number of imidazole rings is 1. The van der Waals surface area contributed by atoms with Crippen molar-refractivity contribution < 1.29 is 9.53 Å². The van der Waals surface area contributed by atoms with Crippen molar-refractivity contribution in [3.8, 4) is 6.07 Å². The third kappa shape index (κ3) is 2.37. The molecule has 0 unspecified atom stereocenters. The number of aromatic nitrogens is 2. The maximum absolute atomic E-state index is 11.8. The fraction of sp³-hybridized carbons (Fsp3) is 0.400. The summed E-state index contributed by atoms with van der Waals surface area (Å²) in [5.41, 5.74) is 1.76. The fourth-order valence-corrected chi connectivity index (χ4v) is 2.25. The van der Waals surface area contributed by atoms with Crippen LogP contribution in [0, 0.1) is 17.2 Å². The fourth-order valence-electron chi connectivity index (χ4n) is 2.25. The summed E-state index contributed by atoms with van der Waals surface area (Å²) in [6.07, 6.45) is 0. The Balaban J connectivity index is 2.42. The summed E-state index contributed by atoms with van der Waals surface area (Å²) in [6, 6.07) is 9.82. The van der Waals surface area contributed by atoms with Gasteiger partial charge in [0.25, 0.3) is 0 Å². The lowest BCUT2D eigenvalue weighted by Gasteiger charge is -2.15. The van der Waals surface area contributed by atoms with Crippen LogP contribution in [0.4, 0.5) is 0 Å². The minimum atomic E-state index is -0.619. The van der Waals surface area contributed by atoms with Gasteiger partial charge in [0.15, 0.2) is 0 Å². The van der Waals surface area contributed by atoms with Gasteiger partial charge in [-0.1, -0.05) is 19.1 Å². The molecule has 2 atom stereocenters. The first-order chi connectivity index (χ1) is 9.60. The largest absolute Gasteiger partial charge is 0.466 e. The second-order valence-electron chi connectivity index (χ2n) is 4.67. The van der Waals surface area contributed by atoms with Crippen molar-refractivity contribution in [2.45, 2.75) is 19.8 Å². The number of benzene rings is 1. The van der Waals surface area contributed by atoms with Crippen molar-refractivity contribution in [2.75, 3.05) is 6.61 Å². The van der Waals surface area contributed by atoms with Crippen LogP contribution in [0.3, 0.4) is 0 Å². The highest BCUT2D eigenvalue weighted by Gasteiger charge is 2.30. The van der Waals surface area contributed by atoms with Gasteiger partial charge in [-0.3, -0.25) is 4.79 Å². The van der Waals surface area contributed by atoms with Crippen LogP contribution in [-0.2, 0) is 16.6 Å². The molecule has 0 saturated carbocycles. The molecule has 0 N–H and O–H groups in total. The number of fused-ring (bicyclic) bond motifs is 1. The zero-order chi connectivity index (χ0) is 14.7. The van der Waals surface area contributed by atoms with E-state index < -0.39 is 11.8 Å². The number of para-hydroxylation sites is 2. The molecular formula is C15H17N3O2. The zero-order valence-corrected chi connectivity index (χ0v) is 11.8. The number of carbonyl (C=O) groups excluding carboxylic acids is 1. The maximum Gasteiger partial charge on any atom is 0.310 e. The van der Waals surface area contributed by atoms with Gasteiger partial charge in [0.2, 0.25) is 0 Å². The summed E-state index contributed by atoms with van der Waals surface area (Å²) in [7, 11) is 1.85. The molecule has 0 aliphatic rings. The highest BCUT2D eigenvalue weighted by atomic mass is 16.5. The van der Waals surface area contributed by atoms with E-state index in [1.54, 1.807) is 13.8 Å². The second kappa shape index (κ2) is 5.74. The molecule has 0 spiro atoms. The van der Waals surface area contributed by atoms with Crippen molar-refractivity contribution in [3.05, 3.63) is 30.1 Å². The summed E-state index contributed by atoms with van der Waals surface area (Å²) in [5, 5.41) is 9.41. The number of hydrogen-bond acceptors (Lipinski definition) is 4. The highest BCUT2D eigenvalue weighted by molar-refractivity contribution is 5.77. The lowest BCUT2D eigenvalue weighted by atomic mass is 9.94. The van der Waals surface area contributed by atoms with Gasteiger partial charge in [-0.15, -0.1) is 0 Å². The molecule has 0 bridgehead atoms. The molecule has 1 aromatic heterocycles. The maximum atomic E-state index is 11.8. The van der Waals surface area contributed by atoms with Crippen LogP contribution < -0.4 is 0 Å². The van der Waals surface area contributed by atoms with Gasteiger partial charge in [0, 0.05) is 7.05 Å². The Morgan fingerprint density at radius 1 is 1.50 bits per heavy atom. The Morgan fingerprint density at radius 3 is 2.80 bits per heavy atom. The van der Waals surface area contributed by atoms with E-state index in [4.69, 9.17) is 4.74 Å². The van der Waals surface area contributed by atoms with Crippen molar-refractivity contribution in [1.82, 2.24) is 9.55 Å². The molecule has 0 fully saturated rings. The Hall–Kier alpha value is -2.35. The second-order valence-corrected chi connectivity index (χ2v) is 4.67. The molecule has 5 nitrogen and oxygen atoms in total. The Kier molecular flexibility index (Phi) is 4.04. The van der Waals surface area contributed by atoms with Gasteiger partial charge < -0.3 is 9.30 Å². The summed E-state index contributed by atoms with van der Waals surface area (Å²) in [4.78, 5) is 16.3. The average molecular weight is 271 g/mol. The zero-order valence-electron chi connectivity index (χ0n) is 11.8. The molecule has 0 aliphatic carbocycles. The lowest BCUT2D eigenvalue weighted by molar-refractivity contribution is -0.147. The van der Waals surface area contributed by atoms with E-state index in [-0.39, 0.29) is 5.97 Å². The minimum Gasteiger partial charge on any atom is -0.466 e. The van der Waals surface area contributed by atoms with Crippen molar-refractivity contribution in [3.63, 3.8) is 0 Å². The molecule has 0 radical (unpaired) electrons. The first-order valence-electron chi connectivity index (χ1n) is 6.57. The van der Waals surface area contributed by atoms with Crippen LogP contribution in [-0.4, -0.2) is 22.1 Å². The standard InChI is InChI=1S/C15H17N3O2/c1-4-20-15(19)10(2)11(9-16)14-17-12-7-5-6-8-13(12)18(14)3/h5-8,10-11H,4H2,1-3H3/t10-,11+/m0/s1. The summed E-state index contributed by atoms with van der Waals surface area (Å²) in [6.45, 7) is 3.76. The van der Waals surface area contributed by atoms with E-state index in [0.29, 0.717) is 12.4 Å². The summed E-state index contributed by atoms with van der Waals surface area (Å²) < 4.78 is 6.85. The number of rotatable bonds is 4. The Bertz CT molecular complexity index is 669. The van der Waals surface area contributed by atoms with E-state index in [9.17, 15) is 10.1 Å². The highest BCUT2D eigenvalue weighted by Crippen LogP contribution is 2.27. The minimum absolute atomic E-state index is 0.309. The van der Waals surface area contributed by atoms with Crippen molar-refractivity contribution in [1.29, 1.82) is 5.26 Å². The molecule has 0 aliphatic heterocycles. The molecule has 2 aromatic rings. The molecule has 5 heteroatoms. The number of carbonyl (C=O) groups is 1. The first-order valence-corrected chi connectivity index (χ1v) is 6.57. The number of ether oxygens (including phenoxy) is 1. The molecular weight excluding hydrogens is 254 g/mol. The summed E-state index contributed by atoms with van der Waals surface area (Å²) >= 11 is 0. The molecule has 104 valence electrons. The summed E-state index contributed by atoms with van der Waals surface area (Å²) in [5.74, 6) is -0.942. The predicted octanol–water partition coefficient (Wildman–Crippen LogP) is 2.38. The number of hydrogen-bond donors (Lipinski definition) is 0. The SMILES string of the molecule is CCOC(=O)[C@@H](C)[C@@H](C#N)c1nc2ccccc2n1C. The van der Waals surface area contributed by atoms with Gasteiger partial charge in [-0.2, -0.15) is 5.26 Å². The van der Waals surface area contributed by atoms with Crippen LogP contribution in [0.2, 0.25) is 0 Å². The van der Waals surface area contributed by atoms with E-state index in [1.807, 2.05) is 35.9 Å². The van der Waals surface area contributed by atoms with Crippen LogP contribution in [0.15, 0.2) is 24.3 Å². The van der Waals surface area contributed by atoms with Crippen LogP contribution in [0.25, 0.3) is 11.0 Å². The predicted molar refractivity (Wildman–Crippen MR) is 74.9 cm³/mol. The number of aryl methyl sites for hydroxylation is 1. The Morgan fingerprint density at radius 2 is 2.20 bits per heavy atom. The van der Waals surface area contributed by atoms with Gasteiger partial charge in [-0.25, -0.2) is 4.98 Å². The third-order valence-electron chi connectivity index (χ3n) is 3.40. The van der Waals surface area contributed by atoms with Gasteiger partial charge in [0.05, 0.1) is 29.6 Å². The van der Waals surface area contributed by atoms with Crippen LogP contribution in [0.1, 0.15) is 25.6 Å². The van der Waals surface area contributed by atoms with Gasteiger partial charge >= 0.3 is 5.97 Å². The van der Waals surface area contributed by atoms with Gasteiger partial charge in [0.1, 0.15) is 11.7 Å². The number of esters is 1. The quantitative estimate of drug-likeness (QED) is 0.801. The monoisotopic (exact) mass is 271 g/mol. The van der Waals surface area contributed by atoms with Gasteiger partial charge in [-0.05, 0) is 19.1 Å². The molecule has 1 heterocycles. The first kappa shape index (κ1) is 14.1. The Labute approximate surface area is 117 Å². The third-order valence-corrected chi connectivity index (χ3v) is 3.40. The molecule has 0 amide bonds. The number of nitriles is 1. The lowest BCUT2D eigenvalue weighted by Crippen LogP contribution is -2.23. The van der Waals surface area contributed by atoms with E-state index >= 15 is 0 Å². The molecule has 20 heavy (non-hydrogen) atoms. The molecule has 2 rings (SSSR count). The van der Waals surface area contributed by atoms with Crippen LogP contribution in [0.5, 0.6) is 0 Å². The topological polar surface area (TPSA) is 67.9 Å². The molecule has 1 aromatic carbocycles. The smallest absolute Gasteiger partial charge is 0.310 e. The van der Waals surface area contributed by atoms with Crippen molar-refractivity contribution in [2.24, 2.45) is 13.0 Å². The molecule has 0 saturated heterocycles.